The minimum Gasteiger partial charge on any atom is -0.492 e. The first kappa shape index (κ1) is 28.3. The monoisotopic (exact) mass is 579 g/mol. The number of benzene rings is 2. The highest BCUT2D eigenvalue weighted by molar-refractivity contribution is 7.91. The Morgan fingerprint density at radius 2 is 1.80 bits per heavy atom. The Kier molecular flexibility index (Phi) is 7.81. The number of aromatic hydroxyl groups is 1. The van der Waals surface area contributed by atoms with Crippen LogP contribution in [0.25, 0.3) is 11.1 Å². The van der Waals surface area contributed by atoms with Crippen LogP contribution in [0.2, 0.25) is 0 Å². The van der Waals surface area contributed by atoms with Crippen LogP contribution in [-0.4, -0.2) is 34.9 Å². The smallest absolute Gasteiger partial charge is 0.277 e. The van der Waals surface area contributed by atoms with Gasteiger partial charge in [-0.15, -0.1) is 0 Å². The van der Waals surface area contributed by atoms with Crippen molar-refractivity contribution in [2.75, 3.05) is 6.79 Å². The van der Waals surface area contributed by atoms with Gasteiger partial charge in [-0.05, 0) is 66.8 Å². The van der Waals surface area contributed by atoms with Gasteiger partial charge in [0.25, 0.3) is 5.56 Å². The number of unbranched alkanes of at least 4 members (excludes halogenated alkanes) is 1. The average Bonchev–Trinajstić information content (AvgIpc) is 3.43. The highest BCUT2D eigenvalue weighted by Crippen LogP contribution is 2.37. The van der Waals surface area contributed by atoms with E-state index in [1.807, 2.05) is 13.8 Å². The van der Waals surface area contributed by atoms with E-state index in [9.17, 15) is 22.7 Å². The first-order chi connectivity index (χ1) is 19.7. The number of aromatic nitrogens is 3. The van der Waals surface area contributed by atoms with E-state index in [1.54, 1.807) is 31.2 Å². The predicted octanol–water partition coefficient (Wildman–Crippen LogP) is 5.36. The maximum Gasteiger partial charge on any atom is 0.277 e. The number of pyridine rings is 1. The van der Waals surface area contributed by atoms with Gasteiger partial charge in [0.2, 0.25) is 28.5 Å². The van der Waals surface area contributed by atoms with Gasteiger partial charge in [-0.2, -0.15) is 9.37 Å². The molecule has 0 radical (unpaired) electrons. The molecule has 3 heterocycles. The van der Waals surface area contributed by atoms with Crippen molar-refractivity contribution >= 4 is 9.84 Å². The number of rotatable bonds is 9. The summed E-state index contributed by atoms with van der Waals surface area (Å²) in [4.78, 5) is 20.9. The molecule has 41 heavy (non-hydrogen) atoms. The standard InChI is InChI=1S/C30H30FN3O6S/c1-4-6-7-26-33-29(35)27(30(36)34(26)23(5-2)20-10-13-24-25(16-20)40-17-39-24)41(37,38)21-11-8-19(9-12-21)22-14-15-32-28(31)18(22)3/h8-16,23,35H,4-7,17H2,1-3H3. The van der Waals surface area contributed by atoms with Gasteiger partial charge in [0.05, 0.1) is 10.9 Å². The van der Waals surface area contributed by atoms with E-state index in [0.717, 1.165) is 12.0 Å². The topological polar surface area (TPSA) is 121 Å². The van der Waals surface area contributed by atoms with Gasteiger partial charge in [0.15, 0.2) is 16.4 Å². The van der Waals surface area contributed by atoms with Gasteiger partial charge in [0.1, 0.15) is 5.82 Å². The van der Waals surface area contributed by atoms with Gasteiger partial charge < -0.3 is 14.6 Å². The van der Waals surface area contributed by atoms with Gasteiger partial charge in [0, 0.05) is 18.2 Å². The lowest BCUT2D eigenvalue weighted by atomic mass is 10.0. The third-order valence-electron chi connectivity index (χ3n) is 7.25. The number of halogens is 1. The fourth-order valence-corrected chi connectivity index (χ4v) is 6.40. The Morgan fingerprint density at radius 1 is 1.07 bits per heavy atom. The Balaban J connectivity index is 1.63. The lowest BCUT2D eigenvalue weighted by molar-refractivity contribution is 0.174. The second-order valence-corrected chi connectivity index (χ2v) is 11.7. The summed E-state index contributed by atoms with van der Waals surface area (Å²) < 4.78 is 53.9. The van der Waals surface area contributed by atoms with Crippen molar-refractivity contribution in [2.45, 2.75) is 62.3 Å². The van der Waals surface area contributed by atoms with Gasteiger partial charge in [-0.1, -0.05) is 38.5 Å². The van der Waals surface area contributed by atoms with E-state index in [0.29, 0.717) is 53.3 Å². The lowest BCUT2D eigenvalue weighted by Crippen LogP contribution is -2.33. The summed E-state index contributed by atoms with van der Waals surface area (Å²) in [6.07, 6.45) is 3.65. The Bertz CT molecular complexity index is 1770. The fraction of sp³-hybridized carbons (Fsp3) is 0.300. The molecule has 0 aliphatic carbocycles. The number of hydrogen-bond donors (Lipinski definition) is 1. The number of sulfone groups is 1. The van der Waals surface area contributed by atoms with Crippen LogP contribution in [0.1, 0.15) is 56.1 Å². The summed E-state index contributed by atoms with van der Waals surface area (Å²) in [6, 6.07) is 12.1. The van der Waals surface area contributed by atoms with Crippen molar-refractivity contribution < 1.29 is 27.4 Å². The van der Waals surface area contributed by atoms with E-state index in [4.69, 9.17) is 9.47 Å². The first-order valence-electron chi connectivity index (χ1n) is 13.4. The molecule has 11 heteroatoms. The number of ether oxygens (including phenoxy) is 2. The average molecular weight is 580 g/mol. The summed E-state index contributed by atoms with van der Waals surface area (Å²) in [5.74, 6) is -0.0419. The molecule has 0 saturated carbocycles. The van der Waals surface area contributed by atoms with E-state index in [2.05, 4.69) is 9.97 Å². The molecule has 9 nitrogen and oxygen atoms in total. The number of fused-ring (bicyclic) bond motifs is 1. The summed E-state index contributed by atoms with van der Waals surface area (Å²) in [7, 11) is -4.49. The molecule has 214 valence electrons. The second kappa shape index (κ2) is 11.3. The highest BCUT2D eigenvalue weighted by Gasteiger charge is 2.32. The van der Waals surface area contributed by atoms with E-state index < -0.39 is 38.2 Å². The molecule has 2 aromatic heterocycles. The summed E-state index contributed by atoms with van der Waals surface area (Å²) >= 11 is 0. The maximum atomic E-state index is 14.1. The predicted molar refractivity (Wildman–Crippen MR) is 150 cm³/mol. The van der Waals surface area contributed by atoms with Crippen LogP contribution in [0.3, 0.4) is 0 Å². The van der Waals surface area contributed by atoms with E-state index in [1.165, 1.54) is 35.0 Å². The van der Waals surface area contributed by atoms with Crippen LogP contribution >= 0.6 is 0 Å². The quantitative estimate of drug-likeness (QED) is 0.263. The zero-order chi connectivity index (χ0) is 29.3. The molecule has 0 bridgehead atoms. The van der Waals surface area contributed by atoms with Crippen molar-refractivity contribution in [3.8, 4) is 28.5 Å². The first-order valence-corrected chi connectivity index (χ1v) is 14.9. The largest absolute Gasteiger partial charge is 0.492 e. The molecule has 1 atom stereocenters. The van der Waals surface area contributed by atoms with E-state index >= 15 is 0 Å². The van der Waals surface area contributed by atoms with Crippen molar-refractivity contribution in [3.63, 3.8) is 0 Å². The van der Waals surface area contributed by atoms with Gasteiger partial charge >= 0.3 is 0 Å². The van der Waals surface area contributed by atoms with Crippen molar-refractivity contribution in [2.24, 2.45) is 0 Å². The van der Waals surface area contributed by atoms with Crippen LogP contribution < -0.4 is 15.0 Å². The molecule has 0 saturated heterocycles. The summed E-state index contributed by atoms with van der Waals surface area (Å²) in [5.41, 5.74) is 1.32. The van der Waals surface area contributed by atoms with Crippen molar-refractivity contribution in [1.82, 2.24) is 14.5 Å². The van der Waals surface area contributed by atoms with Crippen LogP contribution in [0, 0.1) is 12.9 Å². The van der Waals surface area contributed by atoms with Crippen LogP contribution in [0.15, 0.2) is 69.3 Å². The summed E-state index contributed by atoms with van der Waals surface area (Å²) in [5, 5.41) is 10.9. The number of hydrogen-bond acceptors (Lipinski definition) is 8. The SMILES string of the molecule is CCCCc1nc(O)c(S(=O)(=O)c2ccc(-c3ccnc(F)c3C)cc2)c(=O)n1C(CC)c1ccc2c(c1)OCO2. The number of aryl methyl sites for hydroxylation is 1. The molecular weight excluding hydrogens is 549 g/mol. The lowest BCUT2D eigenvalue weighted by Gasteiger charge is -2.23. The molecule has 5 rings (SSSR count). The minimum absolute atomic E-state index is 0.0922. The third-order valence-corrected chi connectivity index (χ3v) is 9.04. The van der Waals surface area contributed by atoms with E-state index in [-0.39, 0.29) is 11.7 Å². The van der Waals surface area contributed by atoms with Gasteiger partial charge in [-0.25, -0.2) is 13.4 Å². The Morgan fingerprint density at radius 3 is 2.51 bits per heavy atom. The molecule has 2 aromatic carbocycles. The van der Waals surface area contributed by atoms with Crippen LogP contribution in [-0.2, 0) is 16.3 Å². The normalized spacial score (nSPS) is 13.4. The van der Waals surface area contributed by atoms with Crippen LogP contribution in [0.4, 0.5) is 4.39 Å². The molecule has 1 unspecified atom stereocenters. The molecule has 4 aromatic rings. The van der Waals surface area contributed by atoms with Crippen molar-refractivity contribution in [3.05, 3.63) is 88.0 Å². The molecular formula is C30H30FN3O6S. The third kappa shape index (κ3) is 5.17. The minimum atomic E-state index is -4.49. The van der Waals surface area contributed by atoms with Gasteiger partial charge in [-0.3, -0.25) is 9.36 Å². The fourth-order valence-electron chi connectivity index (χ4n) is 5.06. The second-order valence-electron chi connectivity index (χ2n) is 9.80. The zero-order valence-electron chi connectivity index (χ0n) is 22.9. The molecule has 0 amide bonds. The maximum absolute atomic E-state index is 14.1. The molecule has 1 N–H and O–H groups in total. The Labute approximate surface area is 237 Å². The Hall–Kier alpha value is -4.25. The number of nitrogens with zero attached hydrogens (tertiary/aromatic N) is 3. The molecule has 0 spiro atoms. The highest BCUT2D eigenvalue weighted by atomic mass is 32.2. The molecule has 1 aliphatic heterocycles. The molecule has 1 aliphatic rings. The van der Waals surface area contributed by atoms with Crippen molar-refractivity contribution in [1.29, 1.82) is 0 Å². The van der Waals surface area contributed by atoms with Crippen LogP contribution in [0.5, 0.6) is 17.4 Å². The molecule has 0 fully saturated rings. The zero-order valence-corrected chi connectivity index (χ0v) is 23.7. The summed E-state index contributed by atoms with van der Waals surface area (Å²) in [6.45, 7) is 5.55.